The number of aromatic nitrogens is 2. The number of rotatable bonds is 6. The van der Waals surface area contributed by atoms with E-state index in [2.05, 4.69) is 12.1 Å². The highest BCUT2D eigenvalue weighted by atomic mass is 35.5. The standard InChI is InChI=1S/C29H24Cl2N2O3S/c30-19-9-10-22(23(31)14-19)24(34)17-37-28-32-26-21-8-2-1-6-18(21)15-29(11-3-4-12-29)25(26)27(35)33(28)16-20-7-5-13-36-20/h1-2,5-10,13-14H,3-4,11-12,15-17H2. The Hall–Kier alpha value is -2.80. The first kappa shape index (κ1) is 24.5. The molecule has 0 N–H and O–H groups in total. The van der Waals surface area contributed by atoms with Crippen LogP contribution in [0, 0.1) is 0 Å². The number of fused-ring (bicyclic) bond motifs is 4. The molecule has 2 heterocycles. The van der Waals surface area contributed by atoms with E-state index in [0.29, 0.717) is 26.5 Å². The number of carbonyl (C=O) groups is 1. The average Bonchev–Trinajstić information content (AvgIpc) is 3.57. The number of hydrogen-bond acceptors (Lipinski definition) is 5. The summed E-state index contributed by atoms with van der Waals surface area (Å²) < 4.78 is 7.27. The summed E-state index contributed by atoms with van der Waals surface area (Å²) in [5, 5.41) is 1.27. The molecule has 37 heavy (non-hydrogen) atoms. The van der Waals surface area contributed by atoms with Crippen LogP contribution in [0.15, 0.2) is 75.2 Å². The molecular weight excluding hydrogens is 527 g/mol. The fraction of sp³-hybridized carbons (Fsp3) is 0.276. The minimum absolute atomic E-state index is 0.0442. The quantitative estimate of drug-likeness (QED) is 0.144. The molecule has 4 aromatic rings. The second-order valence-electron chi connectivity index (χ2n) is 9.75. The van der Waals surface area contributed by atoms with E-state index in [0.717, 1.165) is 48.9 Å². The van der Waals surface area contributed by atoms with Crippen LogP contribution in [0.3, 0.4) is 0 Å². The highest BCUT2D eigenvalue weighted by Gasteiger charge is 2.44. The van der Waals surface area contributed by atoms with Crippen LogP contribution in [-0.4, -0.2) is 21.1 Å². The lowest BCUT2D eigenvalue weighted by molar-refractivity contribution is 0.102. The first-order chi connectivity index (χ1) is 17.9. The van der Waals surface area contributed by atoms with Gasteiger partial charge in [-0.2, -0.15) is 0 Å². The molecule has 0 aliphatic heterocycles. The first-order valence-corrected chi connectivity index (χ1v) is 14.1. The Morgan fingerprint density at radius 2 is 1.89 bits per heavy atom. The summed E-state index contributed by atoms with van der Waals surface area (Å²) >= 11 is 13.5. The lowest BCUT2D eigenvalue weighted by Crippen LogP contribution is -2.40. The topological polar surface area (TPSA) is 65.1 Å². The molecule has 2 aromatic heterocycles. The van der Waals surface area contributed by atoms with Gasteiger partial charge in [0.25, 0.3) is 5.56 Å². The molecule has 6 rings (SSSR count). The monoisotopic (exact) mass is 550 g/mol. The van der Waals surface area contributed by atoms with E-state index in [1.165, 1.54) is 17.3 Å². The SMILES string of the molecule is O=C(CSc1nc2c(c(=O)n1Cc1ccco1)C1(CCCC1)Cc1ccccc1-2)c1ccc(Cl)cc1Cl. The van der Waals surface area contributed by atoms with Gasteiger partial charge >= 0.3 is 0 Å². The number of hydrogen-bond donors (Lipinski definition) is 0. The van der Waals surface area contributed by atoms with E-state index in [4.69, 9.17) is 32.6 Å². The molecule has 0 amide bonds. The van der Waals surface area contributed by atoms with Crippen molar-refractivity contribution in [2.45, 2.75) is 49.2 Å². The van der Waals surface area contributed by atoms with Crippen LogP contribution in [0.25, 0.3) is 11.3 Å². The average molecular weight is 551 g/mol. The van der Waals surface area contributed by atoms with Gasteiger partial charge in [0.1, 0.15) is 5.76 Å². The third-order valence-corrected chi connectivity index (χ3v) is 9.01. The van der Waals surface area contributed by atoms with Crippen LogP contribution >= 0.6 is 35.0 Å². The summed E-state index contributed by atoms with van der Waals surface area (Å²) in [6, 6.07) is 16.7. The number of Topliss-reactive ketones (excluding diaryl/α,β-unsaturated/α-hetero) is 1. The van der Waals surface area contributed by atoms with E-state index in [-0.39, 0.29) is 29.1 Å². The van der Waals surface area contributed by atoms with Crippen molar-refractivity contribution in [3.63, 3.8) is 0 Å². The molecule has 0 atom stereocenters. The second-order valence-corrected chi connectivity index (χ2v) is 11.5. The zero-order valence-electron chi connectivity index (χ0n) is 20.0. The summed E-state index contributed by atoms with van der Waals surface area (Å²) in [4.78, 5) is 32.5. The fourth-order valence-corrected chi connectivity index (χ4v) is 7.17. The molecule has 0 unspecified atom stereocenters. The lowest BCUT2D eigenvalue weighted by atomic mass is 9.68. The minimum Gasteiger partial charge on any atom is -0.467 e. The number of furan rings is 1. The number of halogens is 2. The highest BCUT2D eigenvalue weighted by molar-refractivity contribution is 7.99. The molecule has 2 aliphatic carbocycles. The Balaban J connectivity index is 1.46. The molecule has 188 valence electrons. The van der Waals surface area contributed by atoms with Gasteiger partial charge in [0, 0.05) is 21.6 Å². The van der Waals surface area contributed by atoms with E-state index in [1.807, 2.05) is 18.2 Å². The van der Waals surface area contributed by atoms with Crippen LogP contribution in [-0.2, 0) is 18.4 Å². The second kappa shape index (κ2) is 9.82. The molecule has 1 fully saturated rings. The third kappa shape index (κ3) is 4.45. The molecule has 1 saturated carbocycles. The van der Waals surface area contributed by atoms with Crippen molar-refractivity contribution >= 4 is 40.7 Å². The van der Waals surface area contributed by atoms with Gasteiger partial charge < -0.3 is 4.42 Å². The van der Waals surface area contributed by atoms with Crippen molar-refractivity contribution in [1.82, 2.24) is 9.55 Å². The normalized spacial score (nSPS) is 15.5. The van der Waals surface area contributed by atoms with E-state index in [1.54, 1.807) is 35.1 Å². The zero-order valence-corrected chi connectivity index (χ0v) is 22.3. The van der Waals surface area contributed by atoms with E-state index >= 15 is 0 Å². The van der Waals surface area contributed by atoms with Crippen LogP contribution in [0.4, 0.5) is 0 Å². The van der Waals surface area contributed by atoms with Crippen molar-refractivity contribution in [2.24, 2.45) is 0 Å². The minimum atomic E-state index is -0.200. The Morgan fingerprint density at radius 1 is 1.08 bits per heavy atom. The maximum Gasteiger partial charge on any atom is 0.258 e. The van der Waals surface area contributed by atoms with Gasteiger partial charge in [0.15, 0.2) is 10.9 Å². The van der Waals surface area contributed by atoms with Gasteiger partial charge in [-0.15, -0.1) is 0 Å². The number of benzene rings is 2. The van der Waals surface area contributed by atoms with E-state index < -0.39 is 0 Å². The molecule has 2 aliphatic rings. The Morgan fingerprint density at radius 3 is 2.65 bits per heavy atom. The van der Waals surface area contributed by atoms with Crippen LogP contribution in [0.1, 0.15) is 52.9 Å². The van der Waals surface area contributed by atoms with E-state index in [9.17, 15) is 9.59 Å². The maximum atomic E-state index is 14.3. The lowest BCUT2D eigenvalue weighted by Gasteiger charge is -2.36. The van der Waals surface area contributed by atoms with Crippen molar-refractivity contribution < 1.29 is 9.21 Å². The molecule has 5 nitrogen and oxygen atoms in total. The summed E-state index contributed by atoms with van der Waals surface area (Å²) in [7, 11) is 0. The van der Waals surface area contributed by atoms with Gasteiger partial charge in [-0.3, -0.25) is 14.2 Å². The number of nitrogens with zero attached hydrogens (tertiary/aromatic N) is 2. The fourth-order valence-electron chi connectivity index (χ4n) is 5.78. The van der Waals surface area contributed by atoms with Crippen molar-refractivity contribution in [2.75, 3.05) is 5.75 Å². The molecule has 1 spiro atoms. The van der Waals surface area contributed by atoms with Crippen LogP contribution < -0.4 is 5.56 Å². The summed E-state index contributed by atoms with van der Waals surface area (Å²) in [6.07, 6.45) is 6.62. The van der Waals surface area contributed by atoms with Crippen molar-refractivity contribution in [3.05, 3.63) is 104 Å². The maximum absolute atomic E-state index is 14.3. The summed E-state index contributed by atoms with van der Waals surface area (Å²) in [5.41, 5.74) is 3.95. The number of thioether (sulfide) groups is 1. The molecule has 2 aromatic carbocycles. The van der Waals surface area contributed by atoms with Crippen LogP contribution in [0.2, 0.25) is 10.0 Å². The third-order valence-electron chi connectivity index (χ3n) is 7.48. The predicted molar refractivity (Wildman–Crippen MR) is 147 cm³/mol. The van der Waals surface area contributed by atoms with Crippen molar-refractivity contribution in [1.29, 1.82) is 0 Å². The van der Waals surface area contributed by atoms with Gasteiger partial charge in [0.05, 0.1) is 34.8 Å². The number of carbonyl (C=O) groups excluding carboxylic acids is 1. The Bertz CT molecular complexity index is 1560. The Labute approximate surface area is 228 Å². The van der Waals surface area contributed by atoms with Gasteiger partial charge in [-0.25, -0.2) is 4.98 Å². The predicted octanol–water partition coefficient (Wildman–Crippen LogP) is 7.20. The molecule has 0 radical (unpaired) electrons. The van der Waals surface area contributed by atoms with Gasteiger partial charge in [0.2, 0.25) is 0 Å². The molecular formula is C29H24Cl2N2O3S. The van der Waals surface area contributed by atoms with Crippen LogP contribution in [0.5, 0.6) is 0 Å². The summed E-state index contributed by atoms with van der Waals surface area (Å²) in [5.74, 6) is 0.586. The first-order valence-electron chi connectivity index (χ1n) is 12.3. The smallest absolute Gasteiger partial charge is 0.258 e. The van der Waals surface area contributed by atoms with Gasteiger partial charge in [-0.05, 0) is 55.2 Å². The van der Waals surface area contributed by atoms with Crippen molar-refractivity contribution in [3.8, 4) is 11.3 Å². The number of ketones is 1. The van der Waals surface area contributed by atoms with Gasteiger partial charge in [-0.1, -0.05) is 72.1 Å². The largest absolute Gasteiger partial charge is 0.467 e. The summed E-state index contributed by atoms with van der Waals surface area (Å²) in [6.45, 7) is 0.252. The molecule has 0 saturated heterocycles. The Kier molecular flexibility index (Phi) is 6.51. The zero-order chi connectivity index (χ0) is 25.6. The molecule has 0 bridgehead atoms. The highest BCUT2D eigenvalue weighted by Crippen LogP contribution is 2.50. The molecule has 8 heteroatoms.